The number of benzene rings is 2. The number of aryl methyl sites for hydroxylation is 1. The average Bonchev–Trinajstić information content (AvgIpc) is 3.29. The number of alkyl halides is 6. The summed E-state index contributed by atoms with van der Waals surface area (Å²) < 4.78 is 84.1. The van der Waals surface area contributed by atoms with E-state index in [0.717, 1.165) is 28.6 Å². The van der Waals surface area contributed by atoms with Gasteiger partial charge in [0.2, 0.25) is 0 Å². The third-order valence-electron chi connectivity index (χ3n) is 5.78. The fraction of sp³-hybridized carbons (Fsp3) is 0.364. The lowest BCUT2D eigenvalue weighted by atomic mass is 9.95. The molecule has 1 saturated heterocycles. The highest BCUT2D eigenvalue weighted by molar-refractivity contribution is 5.83. The number of fused-ring (bicyclic) bond motifs is 1. The summed E-state index contributed by atoms with van der Waals surface area (Å²) in [6.07, 6.45) is -8.13. The van der Waals surface area contributed by atoms with Crippen molar-refractivity contribution >= 4 is 10.9 Å². The summed E-state index contributed by atoms with van der Waals surface area (Å²) >= 11 is 0. The van der Waals surface area contributed by atoms with Crippen molar-refractivity contribution in [1.29, 1.82) is 0 Å². The second-order valence-electron chi connectivity index (χ2n) is 7.94. The molecule has 0 amide bonds. The molecule has 32 heavy (non-hydrogen) atoms. The van der Waals surface area contributed by atoms with E-state index in [1.807, 2.05) is 24.3 Å². The lowest BCUT2D eigenvalue weighted by Crippen LogP contribution is -3.10. The number of para-hydroxylation sites is 1. The Balaban J connectivity index is 1.52. The van der Waals surface area contributed by atoms with Gasteiger partial charge in [-0.2, -0.15) is 26.3 Å². The van der Waals surface area contributed by atoms with Gasteiger partial charge in [0, 0.05) is 23.5 Å². The van der Waals surface area contributed by atoms with Crippen molar-refractivity contribution in [3.8, 4) is 0 Å². The molecule has 4 nitrogen and oxygen atoms in total. The van der Waals surface area contributed by atoms with Crippen molar-refractivity contribution in [3.05, 3.63) is 76.1 Å². The summed E-state index contributed by atoms with van der Waals surface area (Å²) in [5.74, 6) is 0. The van der Waals surface area contributed by atoms with E-state index in [4.69, 9.17) is 4.74 Å². The lowest BCUT2D eigenvalue weighted by Gasteiger charge is -2.25. The van der Waals surface area contributed by atoms with E-state index in [1.165, 1.54) is 0 Å². The summed E-state index contributed by atoms with van der Waals surface area (Å²) in [7, 11) is 0. The first kappa shape index (κ1) is 22.6. The molecule has 0 saturated carbocycles. The number of aromatic nitrogens is 1. The van der Waals surface area contributed by atoms with Gasteiger partial charge < -0.3 is 20.0 Å². The molecule has 3 unspecified atom stereocenters. The quantitative estimate of drug-likeness (QED) is 0.438. The Labute approximate surface area is 179 Å². The summed E-state index contributed by atoms with van der Waals surface area (Å²) in [4.78, 5) is 3.13. The summed E-state index contributed by atoms with van der Waals surface area (Å²) in [6, 6.07) is 8.60. The van der Waals surface area contributed by atoms with E-state index >= 15 is 0 Å². The minimum atomic E-state index is -4.90. The Morgan fingerprint density at radius 3 is 2.31 bits per heavy atom. The first-order chi connectivity index (χ1) is 15.0. The molecule has 1 aliphatic rings. The SMILES string of the molecule is [O-][NH+]1COC(CCc2cc(C(F)(F)F)cc(C(F)(F)F)c2)C1Cc1c[nH]c2ccccc12. The summed E-state index contributed by atoms with van der Waals surface area (Å²) in [6.45, 7) is -0.117. The van der Waals surface area contributed by atoms with E-state index in [2.05, 4.69) is 4.98 Å². The monoisotopic (exact) mass is 458 g/mol. The molecule has 2 N–H and O–H groups in total. The van der Waals surface area contributed by atoms with Crippen molar-refractivity contribution in [1.82, 2.24) is 4.98 Å². The molecule has 3 atom stereocenters. The van der Waals surface area contributed by atoms with Gasteiger partial charge in [0.05, 0.1) is 11.1 Å². The summed E-state index contributed by atoms with van der Waals surface area (Å²) in [5.41, 5.74) is -0.968. The van der Waals surface area contributed by atoms with Crippen LogP contribution in [0.1, 0.15) is 28.7 Å². The highest BCUT2D eigenvalue weighted by Gasteiger charge is 2.38. The van der Waals surface area contributed by atoms with Crippen LogP contribution in [-0.4, -0.2) is 23.9 Å². The van der Waals surface area contributed by atoms with Crippen LogP contribution in [0.3, 0.4) is 0 Å². The van der Waals surface area contributed by atoms with Crippen LogP contribution < -0.4 is 5.06 Å². The highest BCUT2D eigenvalue weighted by atomic mass is 19.4. The zero-order valence-electron chi connectivity index (χ0n) is 16.7. The number of ether oxygens (including phenoxy) is 1. The standard InChI is InChI=1S/C22H20F6N2O2/c23-21(24,25)15-7-13(8-16(10-15)22(26,27)28)5-6-20-19(30(31)12-32-20)9-14-11-29-18-4-2-1-3-17(14)18/h1-4,7-8,10-11,19-20,29-30H,5-6,9,12H2. The van der Waals surface area contributed by atoms with Gasteiger partial charge in [-0.05, 0) is 48.2 Å². The van der Waals surface area contributed by atoms with Gasteiger partial charge in [-0.3, -0.25) is 0 Å². The van der Waals surface area contributed by atoms with Crippen LogP contribution in [0.2, 0.25) is 0 Å². The maximum absolute atomic E-state index is 13.1. The number of hydrogen-bond acceptors (Lipinski definition) is 2. The van der Waals surface area contributed by atoms with E-state index in [0.29, 0.717) is 6.42 Å². The number of hydrogen-bond donors (Lipinski definition) is 2. The Bertz CT molecular complexity index is 1060. The topological polar surface area (TPSA) is 52.5 Å². The van der Waals surface area contributed by atoms with Gasteiger partial charge in [-0.25, -0.2) is 0 Å². The van der Waals surface area contributed by atoms with Crippen LogP contribution in [0.5, 0.6) is 0 Å². The third-order valence-corrected chi connectivity index (χ3v) is 5.78. The van der Waals surface area contributed by atoms with Crippen molar-refractivity contribution in [2.24, 2.45) is 0 Å². The van der Waals surface area contributed by atoms with Crippen LogP contribution in [0.25, 0.3) is 10.9 Å². The van der Waals surface area contributed by atoms with E-state index in [-0.39, 0.29) is 36.3 Å². The average molecular weight is 458 g/mol. The molecule has 3 aromatic rings. The van der Waals surface area contributed by atoms with Crippen LogP contribution >= 0.6 is 0 Å². The predicted octanol–water partition coefficient (Wildman–Crippen LogP) is 4.49. The first-order valence-electron chi connectivity index (χ1n) is 10.00. The van der Waals surface area contributed by atoms with Gasteiger partial charge in [0.1, 0.15) is 12.1 Å². The second-order valence-corrected chi connectivity index (χ2v) is 7.94. The molecular weight excluding hydrogens is 438 g/mol. The van der Waals surface area contributed by atoms with Crippen LogP contribution in [0.4, 0.5) is 26.3 Å². The zero-order valence-corrected chi connectivity index (χ0v) is 16.7. The number of H-pyrrole nitrogens is 1. The molecule has 4 rings (SSSR count). The minimum Gasteiger partial charge on any atom is -0.632 e. The van der Waals surface area contributed by atoms with Crippen LogP contribution in [0, 0.1) is 5.21 Å². The van der Waals surface area contributed by atoms with Gasteiger partial charge in [0.25, 0.3) is 0 Å². The molecule has 0 radical (unpaired) electrons. The number of halogens is 6. The Kier molecular flexibility index (Phi) is 5.95. The molecule has 2 heterocycles. The molecule has 0 bridgehead atoms. The van der Waals surface area contributed by atoms with E-state index in [9.17, 15) is 31.5 Å². The number of hydroxylamine groups is 2. The molecule has 1 aliphatic heterocycles. The fourth-order valence-corrected chi connectivity index (χ4v) is 4.16. The molecule has 172 valence electrons. The molecule has 0 aliphatic carbocycles. The Morgan fingerprint density at radius 1 is 1.00 bits per heavy atom. The van der Waals surface area contributed by atoms with Crippen LogP contribution in [0.15, 0.2) is 48.7 Å². The number of rotatable bonds is 5. The number of nitrogens with one attached hydrogen (secondary N) is 2. The highest BCUT2D eigenvalue weighted by Crippen LogP contribution is 2.36. The molecule has 2 aromatic carbocycles. The first-order valence-corrected chi connectivity index (χ1v) is 10.00. The molecule has 10 heteroatoms. The Hall–Kier alpha value is -2.56. The van der Waals surface area contributed by atoms with Crippen molar-refractivity contribution in [3.63, 3.8) is 0 Å². The van der Waals surface area contributed by atoms with Gasteiger partial charge in [0.15, 0.2) is 6.73 Å². The predicted molar refractivity (Wildman–Crippen MR) is 105 cm³/mol. The lowest BCUT2D eigenvalue weighted by molar-refractivity contribution is -0.870. The normalized spacial score (nSPS) is 22.0. The smallest absolute Gasteiger partial charge is 0.416 e. The Morgan fingerprint density at radius 2 is 1.66 bits per heavy atom. The maximum atomic E-state index is 13.1. The van der Waals surface area contributed by atoms with E-state index < -0.39 is 35.6 Å². The molecular formula is C22H20F6N2O2. The fourth-order valence-electron chi connectivity index (χ4n) is 4.16. The van der Waals surface area contributed by atoms with Crippen molar-refractivity contribution < 1.29 is 36.1 Å². The maximum Gasteiger partial charge on any atom is 0.416 e. The third kappa shape index (κ3) is 4.77. The minimum absolute atomic E-state index is 0.0741. The molecule has 1 fully saturated rings. The number of aromatic amines is 1. The zero-order chi connectivity index (χ0) is 23.1. The van der Waals surface area contributed by atoms with Gasteiger partial charge >= 0.3 is 12.4 Å². The van der Waals surface area contributed by atoms with Crippen LogP contribution in [-0.2, 0) is 29.9 Å². The van der Waals surface area contributed by atoms with Gasteiger partial charge in [-0.15, -0.1) is 0 Å². The van der Waals surface area contributed by atoms with E-state index in [1.54, 1.807) is 6.20 Å². The molecule has 0 spiro atoms. The number of quaternary nitrogens is 1. The van der Waals surface area contributed by atoms with Gasteiger partial charge in [-0.1, -0.05) is 18.2 Å². The largest absolute Gasteiger partial charge is 0.632 e. The van der Waals surface area contributed by atoms with Crippen molar-refractivity contribution in [2.75, 3.05) is 6.73 Å². The van der Waals surface area contributed by atoms with Crippen molar-refractivity contribution in [2.45, 2.75) is 43.8 Å². The molecule has 1 aromatic heterocycles. The summed E-state index contributed by atoms with van der Waals surface area (Å²) in [5, 5.41) is 13.2. The second kappa shape index (κ2) is 8.42.